The van der Waals surface area contributed by atoms with E-state index < -0.39 is 0 Å². The van der Waals surface area contributed by atoms with Crippen LogP contribution in [0.4, 0.5) is 5.69 Å². The molecule has 104 valence electrons. The molecule has 3 N–H and O–H groups in total. The highest BCUT2D eigenvalue weighted by molar-refractivity contribution is 5.97. The van der Waals surface area contributed by atoms with Gasteiger partial charge in [0.1, 0.15) is 12.7 Å². The largest absolute Gasteiger partial charge is 0.329 e. The van der Waals surface area contributed by atoms with Crippen LogP contribution in [0.25, 0.3) is 0 Å². The first-order valence-corrected chi connectivity index (χ1v) is 6.65. The van der Waals surface area contributed by atoms with Crippen LogP contribution < -0.4 is 11.1 Å². The monoisotopic (exact) mass is 271 g/mol. The highest BCUT2D eigenvalue weighted by Gasteiger charge is 2.48. The summed E-state index contributed by atoms with van der Waals surface area (Å²) >= 11 is 0. The molecule has 1 aliphatic rings. The molecule has 1 aromatic carbocycles. The van der Waals surface area contributed by atoms with Crippen LogP contribution in [0.3, 0.4) is 0 Å². The van der Waals surface area contributed by atoms with Gasteiger partial charge in [-0.3, -0.25) is 4.79 Å². The minimum atomic E-state index is -0.320. The van der Waals surface area contributed by atoms with E-state index in [0.717, 1.165) is 24.1 Å². The van der Waals surface area contributed by atoms with Gasteiger partial charge in [-0.05, 0) is 30.5 Å². The smallest absolute Gasteiger partial charge is 0.231 e. The number of anilines is 1. The van der Waals surface area contributed by atoms with Crippen molar-refractivity contribution in [1.82, 2.24) is 14.8 Å². The lowest BCUT2D eigenvalue weighted by atomic mass is 10.1. The minimum absolute atomic E-state index is 0.0315. The van der Waals surface area contributed by atoms with Crippen molar-refractivity contribution in [3.8, 4) is 0 Å². The summed E-state index contributed by atoms with van der Waals surface area (Å²) < 4.78 is 1.75. The van der Waals surface area contributed by atoms with E-state index in [1.165, 1.54) is 6.33 Å². The fraction of sp³-hybridized carbons (Fsp3) is 0.357. The molecule has 3 rings (SSSR count). The van der Waals surface area contributed by atoms with Crippen molar-refractivity contribution in [1.29, 1.82) is 0 Å². The van der Waals surface area contributed by atoms with Crippen LogP contribution >= 0.6 is 0 Å². The minimum Gasteiger partial charge on any atom is -0.329 e. The van der Waals surface area contributed by atoms with Gasteiger partial charge in [0.25, 0.3) is 0 Å². The van der Waals surface area contributed by atoms with Gasteiger partial charge >= 0.3 is 0 Å². The van der Waals surface area contributed by atoms with E-state index >= 15 is 0 Å². The number of hydrogen-bond acceptors (Lipinski definition) is 4. The summed E-state index contributed by atoms with van der Waals surface area (Å²) in [5, 5.41) is 6.98. The van der Waals surface area contributed by atoms with Gasteiger partial charge in [-0.2, -0.15) is 5.10 Å². The molecule has 1 heterocycles. The lowest BCUT2D eigenvalue weighted by Crippen LogP contribution is -2.30. The summed E-state index contributed by atoms with van der Waals surface area (Å²) in [4.78, 5) is 16.0. The van der Waals surface area contributed by atoms with Gasteiger partial charge in [0, 0.05) is 12.2 Å². The summed E-state index contributed by atoms with van der Waals surface area (Å²) in [6, 6.07) is 7.74. The zero-order valence-electron chi connectivity index (χ0n) is 11.1. The maximum absolute atomic E-state index is 12.1. The molecule has 1 aliphatic carbocycles. The molecule has 1 saturated carbocycles. The maximum atomic E-state index is 12.1. The molecule has 2 aromatic rings. The molecule has 0 atom stereocenters. The van der Waals surface area contributed by atoms with Gasteiger partial charge in [0.15, 0.2) is 0 Å². The number of nitrogens with two attached hydrogens (primary N) is 1. The number of benzene rings is 1. The second-order valence-electron chi connectivity index (χ2n) is 5.23. The Morgan fingerprint density at radius 2 is 2.10 bits per heavy atom. The van der Waals surface area contributed by atoms with Gasteiger partial charge in [0.2, 0.25) is 5.91 Å². The molecule has 0 unspecified atom stereocenters. The number of rotatable bonds is 5. The third kappa shape index (κ3) is 2.55. The molecule has 6 heteroatoms. The van der Waals surface area contributed by atoms with Gasteiger partial charge < -0.3 is 11.1 Å². The van der Waals surface area contributed by atoms with Gasteiger partial charge in [-0.15, -0.1) is 0 Å². The zero-order valence-corrected chi connectivity index (χ0v) is 11.1. The summed E-state index contributed by atoms with van der Waals surface area (Å²) in [5.41, 5.74) is 7.23. The number of nitrogens with zero attached hydrogens (tertiary/aromatic N) is 3. The molecule has 1 aromatic heterocycles. The quantitative estimate of drug-likeness (QED) is 0.849. The first-order valence-electron chi connectivity index (χ1n) is 6.65. The second-order valence-corrected chi connectivity index (χ2v) is 5.23. The van der Waals surface area contributed by atoms with E-state index in [9.17, 15) is 4.79 Å². The Kier molecular flexibility index (Phi) is 3.23. The first kappa shape index (κ1) is 12.8. The van der Waals surface area contributed by atoms with E-state index in [1.807, 2.05) is 24.3 Å². The van der Waals surface area contributed by atoms with Crippen molar-refractivity contribution in [2.75, 3.05) is 11.9 Å². The lowest BCUT2D eigenvalue weighted by Gasteiger charge is -2.13. The number of amides is 1. The van der Waals surface area contributed by atoms with Crippen LogP contribution in [0.5, 0.6) is 0 Å². The molecule has 0 radical (unpaired) electrons. The summed E-state index contributed by atoms with van der Waals surface area (Å²) in [6.45, 7) is 1.09. The standard InChI is InChI=1S/C14H17N5O/c15-8-14(5-6-14)13(20)18-12-3-1-11(2-4-12)7-19-10-16-9-17-19/h1-4,9-10H,5-8,15H2,(H,18,20). The van der Waals surface area contributed by atoms with E-state index in [4.69, 9.17) is 5.73 Å². The van der Waals surface area contributed by atoms with Crippen molar-refractivity contribution in [2.45, 2.75) is 19.4 Å². The molecule has 1 fully saturated rings. The van der Waals surface area contributed by atoms with Crippen molar-refractivity contribution >= 4 is 11.6 Å². The van der Waals surface area contributed by atoms with Crippen LogP contribution in [0.1, 0.15) is 18.4 Å². The van der Waals surface area contributed by atoms with Gasteiger partial charge in [-0.25, -0.2) is 9.67 Å². The molecule has 1 amide bonds. The molecule has 20 heavy (non-hydrogen) atoms. The SMILES string of the molecule is NCC1(C(=O)Nc2ccc(Cn3cncn3)cc2)CC1. The van der Waals surface area contributed by atoms with Gasteiger partial charge in [-0.1, -0.05) is 12.1 Å². The normalized spacial score (nSPS) is 15.8. The fourth-order valence-corrected chi connectivity index (χ4v) is 2.13. The molecule has 6 nitrogen and oxygen atoms in total. The van der Waals surface area contributed by atoms with E-state index in [2.05, 4.69) is 15.4 Å². The Hall–Kier alpha value is -2.21. The zero-order chi connectivity index (χ0) is 14.0. The Balaban J connectivity index is 1.63. The molecule has 0 bridgehead atoms. The summed E-state index contributed by atoms with van der Waals surface area (Å²) in [6.07, 6.45) is 4.96. The predicted molar refractivity (Wildman–Crippen MR) is 74.9 cm³/mol. The predicted octanol–water partition coefficient (Wildman–Crippen LogP) is 1.00. The molecular formula is C14H17N5O. The van der Waals surface area contributed by atoms with Crippen molar-refractivity contribution < 1.29 is 4.79 Å². The Morgan fingerprint density at radius 3 is 2.65 bits per heavy atom. The van der Waals surface area contributed by atoms with Crippen LogP contribution in [0.2, 0.25) is 0 Å². The van der Waals surface area contributed by atoms with Crippen LogP contribution in [-0.4, -0.2) is 27.2 Å². The molecule has 0 aliphatic heterocycles. The Morgan fingerprint density at radius 1 is 1.35 bits per heavy atom. The van der Waals surface area contributed by atoms with E-state index in [-0.39, 0.29) is 11.3 Å². The highest BCUT2D eigenvalue weighted by atomic mass is 16.2. The topological polar surface area (TPSA) is 85.8 Å². The van der Waals surface area contributed by atoms with Crippen molar-refractivity contribution in [3.63, 3.8) is 0 Å². The highest BCUT2D eigenvalue weighted by Crippen LogP contribution is 2.45. The average Bonchev–Trinajstić information content (AvgIpc) is 3.12. The maximum Gasteiger partial charge on any atom is 0.231 e. The Labute approximate surface area is 117 Å². The van der Waals surface area contributed by atoms with Crippen LogP contribution in [0, 0.1) is 5.41 Å². The van der Waals surface area contributed by atoms with Gasteiger partial charge in [0.05, 0.1) is 12.0 Å². The average molecular weight is 271 g/mol. The van der Waals surface area contributed by atoms with Crippen molar-refractivity contribution in [3.05, 3.63) is 42.5 Å². The number of aromatic nitrogens is 3. The Bertz CT molecular complexity index is 587. The number of hydrogen-bond donors (Lipinski definition) is 2. The van der Waals surface area contributed by atoms with Crippen LogP contribution in [-0.2, 0) is 11.3 Å². The fourth-order valence-electron chi connectivity index (χ4n) is 2.13. The van der Waals surface area contributed by atoms with Crippen LogP contribution in [0.15, 0.2) is 36.9 Å². The number of nitrogens with one attached hydrogen (secondary N) is 1. The summed E-state index contributed by atoms with van der Waals surface area (Å²) in [7, 11) is 0. The third-order valence-electron chi connectivity index (χ3n) is 3.75. The molecular weight excluding hydrogens is 254 g/mol. The number of carbonyl (C=O) groups excluding carboxylic acids is 1. The molecule has 0 saturated heterocycles. The third-order valence-corrected chi connectivity index (χ3v) is 3.75. The van der Waals surface area contributed by atoms with E-state index in [1.54, 1.807) is 11.0 Å². The van der Waals surface area contributed by atoms with E-state index in [0.29, 0.717) is 13.1 Å². The first-order chi connectivity index (χ1) is 9.72. The molecule has 0 spiro atoms. The summed E-state index contributed by atoms with van der Waals surface area (Å²) in [5.74, 6) is 0.0315. The number of carbonyl (C=O) groups is 1. The van der Waals surface area contributed by atoms with Crippen molar-refractivity contribution in [2.24, 2.45) is 11.1 Å². The second kappa shape index (κ2) is 5.05. The lowest BCUT2D eigenvalue weighted by molar-refractivity contribution is -0.120.